The number of likely N-dealkylation sites (tertiary alicyclic amines) is 1. The van der Waals surface area contributed by atoms with Crippen molar-refractivity contribution in [1.29, 1.82) is 0 Å². The van der Waals surface area contributed by atoms with Crippen LogP contribution in [0.15, 0.2) is 48.5 Å². The average Bonchev–Trinajstić information content (AvgIpc) is 3.36. The fraction of sp³-hybridized carbons (Fsp3) is 0.471. The number of aliphatic hydroxyl groups excluding tert-OH is 1. The summed E-state index contributed by atoms with van der Waals surface area (Å²) in [7, 11) is 1.97. The molecule has 0 spiro atoms. The summed E-state index contributed by atoms with van der Waals surface area (Å²) in [5, 5.41) is 14.0. The Morgan fingerprint density at radius 1 is 1.05 bits per heavy atom. The highest BCUT2D eigenvalue weighted by molar-refractivity contribution is 6.35. The molecule has 2 atom stereocenters. The Morgan fingerprint density at radius 2 is 1.83 bits per heavy atom. The molecule has 220 valence electrons. The van der Waals surface area contributed by atoms with Crippen LogP contribution in [0.5, 0.6) is 11.5 Å². The average molecular weight is 598 g/mol. The van der Waals surface area contributed by atoms with Gasteiger partial charge < -0.3 is 19.9 Å². The molecule has 1 unspecified atom stereocenters. The van der Waals surface area contributed by atoms with Gasteiger partial charge in [-0.25, -0.2) is 0 Å². The van der Waals surface area contributed by atoms with Gasteiger partial charge >= 0.3 is 0 Å². The molecule has 2 N–H and O–H groups in total. The number of ether oxygens (including phenoxy) is 2. The third-order valence-electron chi connectivity index (χ3n) is 8.44. The molecule has 5 rings (SSSR count). The van der Waals surface area contributed by atoms with Gasteiger partial charge in [0.2, 0.25) is 0 Å². The molecule has 3 aromatic carbocycles. The third kappa shape index (κ3) is 7.03. The van der Waals surface area contributed by atoms with Crippen LogP contribution in [-0.2, 0) is 19.4 Å². The number of β-amino-alcohol motifs (C(OH)–C–C–N with tert-alkyl or cyclic N) is 1. The lowest BCUT2D eigenvalue weighted by Gasteiger charge is -2.35. The second-order valence-corrected chi connectivity index (χ2v) is 12.3. The molecule has 0 radical (unpaired) electrons. The highest BCUT2D eigenvalue weighted by Gasteiger charge is 2.28. The van der Waals surface area contributed by atoms with Crippen LogP contribution in [0.4, 0.5) is 0 Å². The summed E-state index contributed by atoms with van der Waals surface area (Å²) in [6, 6.07) is 16.6. The monoisotopic (exact) mass is 596 g/mol. The molecule has 3 aromatic rings. The smallest absolute Gasteiger partial charge is 0.139 e. The van der Waals surface area contributed by atoms with Crippen LogP contribution in [0.3, 0.4) is 0 Å². The van der Waals surface area contributed by atoms with E-state index < -0.39 is 0 Å². The fourth-order valence-corrected chi connectivity index (χ4v) is 6.47. The van der Waals surface area contributed by atoms with E-state index in [9.17, 15) is 5.11 Å². The van der Waals surface area contributed by atoms with Crippen LogP contribution in [-0.4, -0.2) is 49.4 Å². The first kappa shape index (κ1) is 30.2. The van der Waals surface area contributed by atoms with Gasteiger partial charge in [-0.1, -0.05) is 73.8 Å². The quantitative estimate of drug-likeness (QED) is 0.200. The van der Waals surface area contributed by atoms with Crippen molar-refractivity contribution in [3.63, 3.8) is 0 Å². The minimum Gasteiger partial charge on any atom is -0.492 e. The molecular weight excluding hydrogens is 555 g/mol. The van der Waals surface area contributed by atoms with Crippen molar-refractivity contribution in [2.45, 2.75) is 64.7 Å². The van der Waals surface area contributed by atoms with Crippen LogP contribution in [0.1, 0.15) is 61.5 Å². The summed E-state index contributed by atoms with van der Waals surface area (Å²) in [6.07, 6.45) is 4.60. The number of fused-ring (bicyclic) bond motifs is 1. The molecule has 1 saturated heterocycles. The van der Waals surface area contributed by atoms with Gasteiger partial charge in [-0.3, -0.25) is 4.90 Å². The second kappa shape index (κ2) is 13.8. The first-order valence-electron chi connectivity index (χ1n) is 14.9. The molecule has 2 aliphatic rings. The van der Waals surface area contributed by atoms with E-state index in [-0.39, 0.29) is 12.2 Å². The maximum atomic E-state index is 9.47. The Balaban J connectivity index is 1.33. The number of nitrogens with one attached hydrogen (secondary N) is 1. The van der Waals surface area contributed by atoms with Crippen LogP contribution < -0.4 is 14.8 Å². The third-order valence-corrected chi connectivity index (χ3v) is 9.12. The summed E-state index contributed by atoms with van der Waals surface area (Å²) in [4.78, 5) is 2.23. The fourth-order valence-electron chi connectivity index (χ4n) is 5.96. The summed E-state index contributed by atoms with van der Waals surface area (Å²) in [5.74, 6) is 2.06. The maximum Gasteiger partial charge on any atom is 0.139 e. The summed E-state index contributed by atoms with van der Waals surface area (Å²) < 4.78 is 12.7. The highest BCUT2D eigenvalue weighted by Crippen LogP contribution is 2.44. The van der Waals surface area contributed by atoms with Gasteiger partial charge in [0.15, 0.2) is 0 Å². The van der Waals surface area contributed by atoms with Crippen molar-refractivity contribution in [2.24, 2.45) is 5.92 Å². The van der Waals surface area contributed by atoms with Crippen molar-refractivity contribution in [3.05, 3.63) is 80.8 Å². The number of rotatable bonds is 13. The molecule has 1 heterocycles. The van der Waals surface area contributed by atoms with Crippen LogP contribution in [0, 0.1) is 5.92 Å². The molecule has 0 bridgehead atoms. The van der Waals surface area contributed by atoms with E-state index in [2.05, 4.69) is 60.5 Å². The summed E-state index contributed by atoms with van der Waals surface area (Å²) >= 11 is 13.7. The lowest BCUT2D eigenvalue weighted by molar-refractivity contribution is 0.0000503. The van der Waals surface area contributed by atoms with Gasteiger partial charge in [0.05, 0.1) is 22.8 Å². The van der Waals surface area contributed by atoms with Gasteiger partial charge in [-0.05, 0) is 84.7 Å². The van der Waals surface area contributed by atoms with E-state index in [4.69, 9.17) is 32.7 Å². The Morgan fingerprint density at radius 3 is 2.59 bits per heavy atom. The lowest BCUT2D eigenvalue weighted by Crippen LogP contribution is -2.50. The van der Waals surface area contributed by atoms with E-state index in [0.717, 1.165) is 75.2 Å². The molecular formula is C34H42Cl2N2O3. The standard InChI is InChI=1S/C34H42Cl2N2O3/c1-4-22(2)16-23-18-33(30(35)17-24(23)19-37-3)41-31-13-12-27-26(8-5-9-28(27)31)29-10-6-11-32(34(29)36)40-15-7-14-38-20-25(39)21-38/h5-6,8-11,17-18,22,25,31,37,39H,4,7,12-16,19-21H2,1-3H3/t22?,31-/m0/s1. The lowest BCUT2D eigenvalue weighted by atomic mass is 9.94. The second-order valence-electron chi connectivity index (χ2n) is 11.6. The first-order chi connectivity index (χ1) is 19.9. The molecule has 1 aliphatic heterocycles. The Labute approximate surface area is 254 Å². The molecule has 1 aliphatic carbocycles. The van der Waals surface area contributed by atoms with Crippen molar-refractivity contribution in [2.75, 3.05) is 33.3 Å². The zero-order chi connectivity index (χ0) is 28.9. The molecule has 0 saturated carbocycles. The van der Waals surface area contributed by atoms with E-state index in [0.29, 0.717) is 28.3 Å². The van der Waals surface area contributed by atoms with E-state index in [1.807, 2.05) is 19.2 Å². The zero-order valence-electron chi connectivity index (χ0n) is 24.4. The molecule has 1 fully saturated rings. The van der Waals surface area contributed by atoms with Gasteiger partial charge in [-0.15, -0.1) is 0 Å². The van der Waals surface area contributed by atoms with Gasteiger partial charge in [0.1, 0.15) is 17.6 Å². The van der Waals surface area contributed by atoms with E-state index in [1.165, 1.54) is 22.3 Å². The highest BCUT2D eigenvalue weighted by atomic mass is 35.5. The topological polar surface area (TPSA) is 54.0 Å². The van der Waals surface area contributed by atoms with Crippen LogP contribution in [0.2, 0.25) is 10.0 Å². The SMILES string of the molecule is CCC(C)Cc1cc(O[C@H]2CCc3c(-c4cccc(OCCCN5CC(O)C5)c4Cl)cccc32)c(Cl)cc1CNC. The van der Waals surface area contributed by atoms with Gasteiger partial charge in [0.25, 0.3) is 0 Å². The zero-order valence-corrected chi connectivity index (χ0v) is 25.9. The largest absolute Gasteiger partial charge is 0.492 e. The molecule has 5 nitrogen and oxygen atoms in total. The summed E-state index contributed by atoms with van der Waals surface area (Å²) in [5.41, 5.74) is 7.11. The molecule has 41 heavy (non-hydrogen) atoms. The Bertz CT molecular complexity index is 1340. The van der Waals surface area contributed by atoms with Crippen molar-refractivity contribution in [1.82, 2.24) is 10.2 Å². The van der Waals surface area contributed by atoms with Crippen molar-refractivity contribution in [3.8, 4) is 22.6 Å². The van der Waals surface area contributed by atoms with Crippen molar-refractivity contribution < 1.29 is 14.6 Å². The van der Waals surface area contributed by atoms with Gasteiger partial charge in [0, 0.05) is 31.7 Å². The predicted octanol–water partition coefficient (Wildman–Crippen LogP) is 7.48. The van der Waals surface area contributed by atoms with E-state index in [1.54, 1.807) is 0 Å². The molecule has 7 heteroatoms. The molecule has 0 aromatic heterocycles. The predicted molar refractivity (Wildman–Crippen MR) is 169 cm³/mol. The van der Waals surface area contributed by atoms with Crippen LogP contribution >= 0.6 is 23.2 Å². The van der Waals surface area contributed by atoms with Crippen molar-refractivity contribution >= 4 is 23.2 Å². The Kier molecular flexibility index (Phi) is 10.2. The minimum absolute atomic E-state index is 0.0627. The maximum absolute atomic E-state index is 9.47. The molecule has 0 amide bonds. The number of halogens is 2. The minimum atomic E-state index is -0.174. The van der Waals surface area contributed by atoms with Gasteiger partial charge in [-0.2, -0.15) is 0 Å². The Hall–Kier alpha value is -2.28. The number of benzene rings is 3. The number of aliphatic hydroxyl groups is 1. The van der Waals surface area contributed by atoms with E-state index >= 15 is 0 Å². The number of hydrogen-bond acceptors (Lipinski definition) is 5. The normalized spacial score (nSPS) is 17.8. The summed E-state index contributed by atoms with van der Waals surface area (Å²) in [6.45, 7) is 8.33. The van der Waals surface area contributed by atoms with Crippen LogP contribution in [0.25, 0.3) is 11.1 Å². The number of nitrogens with zero attached hydrogens (tertiary/aromatic N) is 1. The first-order valence-corrected chi connectivity index (χ1v) is 15.7. The number of hydrogen-bond donors (Lipinski definition) is 2.